The van der Waals surface area contributed by atoms with E-state index >= 15 is 0 Å². The van der Waals surface area contributed by atoms with Crippen LogP contribution >= 0.6 is 0 Å². The third-order valence-electron chi connectivity index (χ3n) is 4.43. The smallest absolute Gasteiger partial charge is 0.416 e. The summed E-state index contributed by atoms with van der Waals surface area (Å²) in [6.07, 6.45) is -3.34. The Balaban J connectivity index is 2.45. The van der Waals surface area contributed by atoms with Crippen molar-refractivity contribution in [2.24, 2.45) is 5.92 Å². The summed E-state index contributed by atoms with van der Waals surface area (Å²) in [5.41, 5.74) is 1.32. The fraction of sp³-hybridized carbons (Fsp3) is 0.364. The van der Waals surface area contributed by atoms with E-state index < -0.39 is 17.7 Å². The largest absolute Gasteiger partial charge is 0.469 e. The number of Topliss-reactive ketones (excluding diaryl/α,β-unsaturated/α-hetero) is 1. The first kappa shape index (κ1) is 21.7. The molecule has 0 aliphatic carbocycles. The van der Waals surface area contributed by atoms with Crippen molar-refractivity contribution >= 4 is 11.8 Å². The first-order chi connectivity index (χ1) is 13.1. The maximum absolute atomic E-state index is 12.8. The SMILES string of the molecule is COC(=O)Cc1ccc(C(=O)CCC(C)C)c(-c2ccc(C(F)(F)F)cc2)c1. The van der Waals surface area contributed by atoms with Gasteiger partial charge in [0.25, 0.3) is 0 Å². The van der Waals surface area contributed by atoms with Crippen LogP contribution in [0.1, 0.15) is 48.2 Å². The second kappa shape index (κ2) is 9.04. The summed E-state index contributed by atoms with van der Waals surface area (Å²) in [6, 6.07) is 9.65. The summed E-state index contributed by atoms with van der Waals surface area (Å²) >= 11 is 0. The van der Waals surface area contributed by atoms with Crippen LogP contribution in [0.4, 0.5) is 13.2 Å². The molecule has 0 unspecified atom stereocenters. The van der Waals surface area contributed by atoms with Crippen LogP contribution in [0.3, 0.4) is 0 Å². The van der Waals surface area contributed by atoms with Crippen LogP contribution < -0.4 is 0 Å². The van der Waals surface area contributed by atoms with Crippen molar-refractivity contribution in [3.8, 4) is 11.1 Å². The minimum atomic E-state index is -4.43. The molecule has 0 fully saturated rings. The minimum absolute atomic E-state index is 0.0185. The molecule has 0 saturated heterocycles. The summed E-state index contributed by atoms with van der Waals surface area (Å²) in [5, 5.41) is 0. The van der Waals surface area contributed by atoms with Gasteiger partial charge in [-0.3, -0.25) is 9.59 Å². The van der Waals surface area contributed by atoms with E-state index in [9.17, 15) is 22.8 Å². The number of alkyl halides is 3. The van der Waals surface area contributed by atoms with Crippen molar-refractivity contribution in [1.82, 2.24) is 0 Å². The maximum Gasteiger partial charge on any atom is 0.416 e. The van der Waals surface area contributed by atoms with Gasteiger partial charge in [-0.1, -0.05) is 38.1 Å². The van der Waals surface area contributed by atoms with E-state index in [-0.39, 0.29) is 12.2 Å². The number of carbonyl (C=O) groups is 2. The molecular formula is C22H23F3O3. The van der Waals surface area contributed by atoms with Crippen LogP contribution in [0.15, 0.2) is 42.5 Å². The van der Waals surface area contributed by atoms with Crippen molar-refractivity contribution < 1.29 is 27.5 Å². The Morgan fingerprint density at radius 1 is 1.04 bits per heavy atom. The zero-order valence-electron chi connectivity index (χ0n) is 16.1. The number of ether oxygens (including phenoxy) is 1. The van der Waals surface area contributed by atoms with Gasteiger partial charge >= 0.3 is 12.1 Å². The Labute approximate surface area is 162 Å². The molecular weight excluding hydrogens is 369 g/mol. The normalized spacial score (nSPS) is 11.5. The molecule has 6 heteroatoms. The summed E-state index contributed by atoms with van der Waals surface area (Å²) < 4.78 is 43.2. The van der Waals surface area contributed by atoms with Crippen LogP contribution in [0, 0.1) is 5.92 Å². The fourth-order valence-corrected chi connectivity index (χ4v) is 2.82. The van der Waals surface area contributed by atoms with Crippen LogP contribution in [-0.4, -0.2) is 18.9 Å². The second-order valence-electron chi connectivity index (χ2n) is 7.06. The topological polar surface area (TPSA) is 43.4 Å². The van der Waals surface area contributed by atoms with Crippen molar-refractivity contribution in [3.05, 3.63) is 59.2 Å². The van der Waals surface area contributed by atoms with Crippen molar-refractivity contribution in [3.63, 3.8) is 0 Å². The predicted molar refractivity (Wildman–Crippen MR) is 101 cm³/mol. The standard InChI is InChI=1S/C22H23F3O3/c1-14(2)4-11-20(26)18-10-5-15(13-21(27)28-3)12-19(18)16-6-8-17(9-7-16)22(23,24)25/h5-10,12,14H,4,11,13H2,1-3H3. The number of methoxy groups -OCH3 is 1. The Kier molecular flexibility index (Phi) is 7.00. The molecule has 2 aromatic carbocycles. The molecule has 0 aliphatic rings. The lowest BCUT2D eigenvalue weighted by Gasteiger charge is -2.13. The van der Waals surface area contributed by atoms with E-state index in [4.69, 9.17) is 0 Å². The molecule has 0 atom stereocenters. The van der Waals surface area contributed by atoms with Gasteiger partial charge < -0.3 is 4.74 Å². The van der Waals surface area contributed by atoms with Crippen LogP contribution in [0.5, 0.6) is 0 Å². The lowest BCUT2D eigenvalue weighted by atomic mass is 9.91. The molecule has 0 saturated carbocycles. The lowest BCUT2D eigenvalue weighted by Crippen LogP contribution is -2.08. The highest BCUT2D eigenvalue weighted by atomic mass is 19.4. The van der Waals surface area contributed by atoms with E-state index in [0.29, 0.717) is 34.6 Å². The first-order valence-electron chi connectivity index (χ1n) is 9.02. The molecule has 0 heterocycles. The molecule has 0 N–H and O–H groups in total. The number of benzene rings is 2. The number of carbonyl (C=O) groups excluding carboxylic acids is 2. The van der Waals surface area contributed by atoms with Crippen LogP contribution in [-0.2, 0) is 22.1 Å². The highest BCUT2D eigenvalue weighted by Crippen LogP contribution is 2.33. The highest BCUT2D eigenvalue weighted by Gasteiger charge is 2.30. The summed E-state index contributed by atoms with van der Waals surface area (Å²) in [7, 11) is 1.28. The Morgan fingerprint density at radius 3 is 2.21 bits per heavy atom. The van der Waals surface area contributed by atoms with E-state index in [0.717, 1.165) is 18.6 Å². The Hall–Kier alpha value is -2.63. The van der Waals surface area contributed by atoms with Gasteiger partial charge in [-0.05, 0) is 47.2 Å². The highest BCUT2D eigenvalue weighted by molar-refractivity contribution is 6.02. The van der Waals surface area contributed by atoms with Gasteiger partial charge in [-0.2, -0.15) is 13.2 Å². The van der Waals surface area contributed by atoms with Crippen LogP contribution in [0.25, 0.3) is 11.1 Å². The van der Waals surface area contributed by atoms with Gasteiger partial charge in [0.1, 0.15) is 0 Å². The number of halogens is 3. The zero-order chi connectivity index (χ0) is 20.9. The molecule has 150 valence electrons. The molecule has 3 nitrogen and oxygen atoms in total. The molecule has 2 rings (SSSR count). The van der Waals surface area contributed by atoms with E-state index in [1.807, 2.05) is 13.8 Å². The van der Waals surface area contributed by atoms with E-state index in [2.05, 4.69) is 4.74 Å². The van der Waals surface area contributed by atoms with Gasteiger partial charge in [0, 0.05) is 12.0 Å². The molecule has 0 amide bonds. The molecule has 2 aromatic rings. The first-order valence-corrected chi connectivity index (χ1v) is 9.02. The number of ketones is 1. The van der Waals surface area contributed by atoms with E-state index in [1.165, 1.54) is 19.2 Å². The molecule has 0 aromatic heterocycles. The van der Waals surface area contributed by atoms with Crippen molar-refractivity contribution in [2.75, 3.05) is 7.11 Å². The average molecular weight is 392 g/mol. The zero-order valence-corrected chi connectivity index (χ0v) is 16.1. The number of esters is 1. The predicted octanol–water partition coefficient (Wildman–Crippen LogP) is 5.71. The third kappa shape index (κ3) is 5.68. The lowest BCUT2D eigenvalue weighted by molar-refractivity contribution is -0.140. The van der Waals surface area contributed by atoms with E-state index in [1.54, 1.807) is 18.2 Å². The summed E-state index contributed by atoms with van der Waals surface area (Å²) in [4.78, 5) is 24.3. The van der Waals surface area contributed by atoms with Gasteiger partial charge in [-0.25, -0.2) is 0 Å². The summed E-state index contributed by atoms with van der Waals surface area (Å²) in [6.45, 7) is 4.03. The monoisotopic (exact) mass is 392 g/mol. The molecule has 0 radical (unpaired) electrons. The second-order valence-corrected chi connectivity index (χ2v) is 7.06. The molecule has 0 bridgehead atoms. The van der Waals surface area contributed by atoms with Gasteiger partial charge in [0.15, 0.2) is 5.78 Å². The fourth-order valence-electron chi connectivity index (χ4n) is 2.82. The Bertz CT molecular complexity index is 837. The van der Waals surface area contributed by atoms with Gasteiger partial charge in [-0.15, -0.1) is 0 Å². The third-order valence-corrected chi connectivity index (χ3v) is 4.43. The van der Waals surface area contributed by atoms with Gasteiger partial charge in [0.05, 0.1) is 19.1 Å². The summed E-state index contributed by atoms with van der Waals surface area (Å²) in [5.74, 6) is -0.150. The van der Waals surface area contributed by atoms with Gasteiger partial charge in [0.2, 0.25) is 0 Å². The molecule has 0 spiro atoms. The number of rotatable bonds is 7. The average Bonchev–Trinajstić information content (AvgIpc) is 2.65. The molecule has 28 heavy (non-hydrogen) atoms. The van der Waals surface area contributed by atoms with Crippen molar-refractivity contribution in [1.29, 1.82) is 0 Å². The maximum atomic E-state index is 12.8. The number of hydrogen-bond donors (Lipinski definition) is 0. The Morgan fingerprint density at radius 2 is 1.68 bits per heavy atom. The minimum Gasteiger partial charge on any atom is -0.469 e. The van der Waals surface area contributed by atoms with Crippen molar-refractivity contribution in [2.45, 2.75) is 39.3 Å². The molecule has 0 aliphatic heterocycles. The number of hydrogen-bond acceptors (Lipinski definition) is 3. The van der Waals surface area contributed by atoms with Crippen LogP contribution in [0.2, 0.25) is 0 Å². The quantitative estimate of drug-likeness (QED) is 0.448.